The molecule has 0 amide bonds. The third-order valence-corrected chi connectivity index (χ3v) is 4.13. The number of rotatable bonds is 6. The van der Waals surface area contributed by atoms with E-state index < -0.39 is 11.7 Å². The molecule has 0 atom stereocenters. The van der Waals surface area contributed by atoms with Gasteiger partial charge in [-0.25, -0.2) is 0 Å². The first kappa shape index (κ1) is 19.6. The van der Waals surface area contributed by atoms with Gasteiger partial charge < -0.3 is 5.73 Å². The molecule has 2 aromatic rings. The Labute approximate surface area is 151 Å². The molecule has 2 N–H and O–H groups in total. The summed E-state index contributed by atoms with van der Waals surface area (Å²) in [5, 5.41) is 0.598. The van der Waals surface area contributed by atoms with Crippen molar-refractivity contribution >= 4 is 17.3 Å². The standard InChI is InChI=1S/C19H22ClF3N2/c1-13(2)10-25(12-15-5-8-17(24)9-18(15)20)11-14-3-6-16(7-4-14)19(21,22)23/h3-9,13H,10-12,24H2,1-2H3. The van der Waals surface area contributed by atoms with Crippen LogP contribution in [0.3, 0.4) is 0 Å². The fraction of sp³-hybridized carbons (Fsp3) is 0.368. The number of nitrogen functional groups attached to an aromatic ring is 1. The highest BCUT2D eigenvalue weighted by molar-refractivity contribution is 6.31. The van der Waals surface area contributed by atoms with Gasteiger partial charge in [-0.15, -0.1) is 0 Å². The van der Waals surface area contributed by atoms with Gasteiger partial charge in [0, 0.05) is 30.3 Å². The van der Waals surface area contributed by atoms with E-state index in [0.29, 0.717) is 29.7 Å². The highest BCUT2D eigenvalue weighted by Gasteiger charge is 2.30. The molecule has 2 nitrogen and oxygen atoms in total. The van der Waals surface area contributed by atoms with Gasteiger partial charge in [0.15, 0.2) is 0 Å². The second kappa shape index (κ2) is 8.11. The number of nitrogens with zero attached hydrogens (tertiary/aromatic N) is 1. The zero-order chi connectivity index (χ0) is 18.6. The maximum atomic E-state index is 12.7. The Hall–Kier alpha value is -1.72. The molecule has 25 heavy (non-hydrogen) atoms. The molecule has 0 heterocycles. The van der Waals surface area contributed by atoms with E-state index in [9.17, 15) is 13.2 Å². The number of benzene rings is 2. The first-order chi connectivity index (χ1) is 11.6. The second-order valence-electron chi connectivity index (χ2n) is 6.61. The third kappa shape index (κ3) is 5.94. The van der Waals surface area contributed by atoms with E-state index in [1.807, 2.05) is 6.07 Å². The molecule has 0 aliphatic heterocycles. The van der Waals surface area contributed by atoms with Crippen LogP contribution in [0.1, 0.15) is 30.5 Å². The number of nitrogens with two attached hydrogens (primary N) is 1. The van der Waals surface area contributed by atoms with Crippen LogP contribution in [0.15, 0.2) is 42.5 Å². The number of hydrogen-bond donors (Lipinski definition) is 1. The Balaban J connectivity index is 2.14. The fourth-order valence-corrected chi connectivity index (χ4v) is 2.94. The van der Waals surface area contributed by atoms with Gasteiger partial charge in [-0.2, -0.15) is 13.2 Å². The Morgan fingerprint density at radius 3 is 2.20 bits per heavy atom. The summed E-state index contributed by atoms with van der Waals surface area (Å²) < 4.78 is 38.1. The van der Waals surface area contributed by atoms with E-state index in [2.05, 4.69) is 18.7 Å². The molecule has 0 unspecified atom stereocenters. The van der Waals surface area contributed by atoms with Crippen LogP contribution in [0.4, 0.5) is 18.9 Å². The van der Waals surface area contributed by atoms with Gasteiger partial charge >= 0.3 is 6.18 Å². The lowest BCUT2D eigenvalue weighted by atomic mass is 10.1. The number of anilines is 1. The van der Waals surface area contributed by atoms with Crippen molar-refractivity contribution in [3.8, 4) is 0 Å². The van der Waals surface area contributed by atoms with Gasteiger partial charge in [-0.05, 0) is 41.3 Å². The summed E-state index contributed by atoms with van der Waals surface area (Å²) in [5.41, 5.74) is 7.48. The predicted molar refractivity (Wildman–Crippen MR) is 96.3 cm³/mol. The summed E-state index contributed by atoms with van der Waals surface area (Å²) in [5.74, 6) is 0.419. The van der Waals surface area contributed by atoms with Gasteiger partial charge in [0.2, 0.25) is 0 Å². The van der Waals surface area contributed by atoms with Crippen molar-refractivity contribution in [3.05, 3.63) is 64.2 Å². The number of alkyl halides is 3. The molecule has 2 rings (SSSR count). The largest absolute Gasteiger partial charge is 0.416 e. The molecule has 0 aliphatic carbocycles. The van der Waals surface area contributed by atoms with Crippen molar-refractivity contribution in [1.29, 1.82) is 0 Å². The average Bonchev–Trinajstić information content (AvgIpc) is 2.49. The van der Waals surface area contributed by atoms with Crippen LogP contribution in [0, 0.1) is 5.92 Å². The Morgan fingerprint density at radius 1 is 1.04 bits per heavy atom. The zero-order valence-corrected chi connectivity index (χ0v) is 15.0. The molecule has 2 aromatic carbocycles. The molecule has 0 saturated heterocycles. The molecule has 0 aromatic heterocycles. The van der Waals surface area contributed by atoms with E-state index in [1.165, 1.54) is 12.1 Å². The maximum Gasteiger partial charge on any atom is 0.416 e. The van der Waals surface area contributed by atoms with E-state index in [0.717, 1.165) is 29.8 Å². The zero-order valence-electron chi connectivity index (χ0n) is 14.3. The molecular formula is C19H22ClF3N2. The minimum absolute atomic E-state index is 0.419. The van der Waals surface area contributed by atoms with Crippen LogP contribution >= 0.6 is 11.6 Å². The first-order valence-electron chi connectivity index (χ1n) is 8.07. The monoisotopic (exact) mass is 370 g/mol. The van der Waals surface area contributed by atoms with Crippen molar-refractivity contribution in [2.75, 3.05) is 12.3 Å². The third-order valence-electron chi connectivity index (χ3n) is 3.78. The molecular weight excluding hydrogens is 349 g/mol. The normalized spacial score (nSPS) is 12.2. The van der Waals surface area contributed by atoms with Gasteiger partial charge in [-0.3, -0.25) is 4.90 Å². The van der Waals surface area contributed by atoms with Crippen molar-refractivity contribution in [2.24, 2.45) is 5.92 Å². The van der Waals surface area contributed by atoms with Crippen LogP contribution in [0.5, 0.6) is 0 Å². The predicted octanol–water partition coefficient (Wildman–Crippen LogP) is 5.60. The summed E-state index contributed by atoms with van der Waals surface area (Å²) >= 11 is 6.25. The molecule has 0 fully saturated rings. The Morgan fingerprint density at radius 2 is 1.68 bits per heavy atom. The second-order valence-corrected chi connectivity index (χ2v) is 7.02. The van der Waals surface area contributed by atoms with Crippen LogP contribution < -0.4 is 5.73 Å². The summed E-state index contributed by atoms with van der Waals surface area (Å²) in [6.45, 7) is 6.17. The Bertz CT molecular complexity index is 697. The smallest absolute Gasteiger partial charge is 0.399 e. The molecule has 0 saturated carbocycles. The van der Waals surface area contributed by atoms with Crippen molar-refractivity contribution in [2.45, 2.75) is 33.1 Å². The minimum atomic E-state index is -4.31. The van der Waals surface area contributed by atoms with Crippen molar-refractivity contribution < 1.29 is 13.2 Å². The average molecular weight is 371 g/mol. The molecule has 0 bridgehead atoms. The molecule has 0 radical (unpaired) electrons. The van der Waals surface area contributed by atoms with E-state index in [1.54, 1.807) is 12.1 Å². The van der Waals surface area contributed by atoms with Crippen molar-refractivity contribution in [1.82, 2.24) is 4.90 Å². The van der Waals surface area contributed by atoms with E-state index >= 15 is 0 Å². The van der Waals surface area contributed by atoms with Gasteiger partial charge in [-0.1, -0.05) is 43.6 Å². The van der Waals surface area contributed by atoms with Crippen LogP contribution in [0.25, 0.3) is 0 Å². The quantitative estimate of drug-likeness (QED) is 0.670. The first-order valence-corrected chi connectivity index (χ1v) is 8.45. The lowest BCUT2D eigenvalue weighted by Crippen LogP contribution is -2.27. The summed E-state index contributed by atoms with van der Waals surface area (Å²) in [6.07, 6.45) is -4.31. The molecule has 136 valence electrons. The van der Waals surface area contributed by atoms with Crippen molar-refractivity contribution in [3.63, 3.8) is 0 Å². The number of halogens is 4. The maximum absolute atomic E-state index is 12.7. The van der Waals surface area contributed by atoms with E-state index in [-0.39, 0.29) is 0 Å². The molecule has 0 aliphatic rings. The highest BCUT2D eigenvalue weighted by Crippen LogP contribution is 2.29. The summed E-state index contributed by atoms with van der Waals surface area (Å²) in [6, 6.07) is 10.7. The highest BCUT2D eigenvalue weighted by atomic mass is 35.5. The number of hydrogen-bond acceptors (Lipinski definition) is 2. The van der Waals surface area contributed by atoms with Gasteiger partial charge in [0.1, 0.15) is 0 Å². The molecule has 6 heteroatoms. The summed E-state index contributed by atoms with van der Waals surface area (Å²) in [4.78, 5) is 2.17. The molecule has 0 spiro atoms. The fourth-order valence-electron chi connectivity index (χ4n) is 2.69. The minimum Gasteiger partial charge on any atom is -0.399 e. The van der Waals surface area contributed by atoms with Crippen LogP contribution in [0.2, 0.25) is 5.02 Å². The van der Waals surface area contributed by atoms with Crippen LogP contribution in [-0.4, -0.2) is 11.4 Å². The lowest BCUT2D eigenvalue weighted by molar-refractivity contribution is -0.137. The van der Waals surface area contributed by atoms with Gasteiger partial charge in [0.05, 0.1) is 5.56 Å². The SMILES string of the molecule is CC(C)CN(Cc1ccc(C(F)(F)F)cc1)Cc1ccc(N)cc1Cl. The topological polar surface area (TPSA) is 29.3 Å². The van der Waals surface area contributed by atoms with Gasteiger partial charge in [0.25, 0.3) is 0 Å². The lowest BCUT2D eigenvalue weighted by Gasteiger charge is -2.25. The van der Waals surface area contributed by atoms with E-state index in [4.69, 9.17) is 17.3 Å². The van der Waals surface area contributed by atoms with Crippen LogP contribution in [-0.2, 0) is 19.3 Å². The summed E-state index contributed by atoms with van der Waals surface area (Å²) in [7, 11) is 0. The Kier molecular flexibility index (Phi) is 6.36.